The summed E-state index contributed by atoms with van der Waals surface area (Å²) in [4.78, 5) is 28.0. The van der Waals surface area contributed by atoms with Crippen LogP contribution in [0.5, 0.6) is 5.75 Å². The van der Waals surface area contributed by atoms with Crippen LogP contribution in [0.15, 0.2) is 24.3 Å². The summed E-state index contributed by atoms with van der Waals surface area (Å²) < 4.78 is 10.5. The number of nitrogens with one attached hydrogen (secondary N) is 1. The van der Waals surface area contributed by atoms with Crippen molar-refractivity contribution in [2.24, 2.45) is 0 Å². The van der Waals surface area contributed by atoms with Gasteiger partial charge in [-0.1, -0.05) is 0 Å². The minimum Gasteiger partial charge on any atom is -0.497 e. The molecule has 1 atom stereocenters. The zero-order valence-electron chi connectivity index (χ0n) is 15.5. The second-order valence-corrected chi connectivity index (χ2v) is 7.13. The summed E-state index contributed by atoms with van der Waals surface area (Å²) in [7, 11) is 1.60. The number of benzene rings is 1. The molecule has 2 rings (SSSR count). The van der Waals surface area contributed by atoms with Crippen LogP contribution in [0.1, 0.15) is 27.7 Å². The number of ether oxygens (including phenoxy) is 2. The van der Waals surface area contributed by atoms with Gasteiger partial charge in [-0.05, 0) is 52.0 Å². The van der Waals surface area contributed by atoms with E-state index in [9.17, 15) is 9.59 Å². The van der Waals surface area contributed by atoms with Gasteiger partial charge in [0.2, 0.25) is 0 Å². The third kappa shape index (κ3) is 5.27. The first-order valence-electron chi connectivity index (χ1n) is 8.39. The molecule has 1 aromatic rings. The molecule has 1 heterocycles. The third-order valence-electron chi connectivity index (χ3n) is 3.88. The lowest BCUT2D eigenvalue weighted by Crippen LogP contribution is -2.57. The number of anilines is 1. The van der Waals surface area contributed by atoms with E-state index < -0.39 is 5.60 Å². The quantitative estimate of drug-likeness (QED) is 0.890. The van der Waals surface area contributed by atoms with E-state index in [2.05, 4.69) is 5.32 Å². The van der Waals surface area contributed by atoms with Gasteiger partial charge < -0.3 is 24.6 Å². The number of amides is 3. The fourth-order valence-corrected chi connectivity index (χ4v) is 2.62. The molecular weight excluding hydrogens is 322 g/mol. The molecule has 3 amide bonds. The Morgan fingerprint density at radius 2 is 1.80 bits per heavy atom. The number of urea groups is 1. The lowest BCUT2D eigenvalue weighted by molar-refractivity contribution is 0.0112. The highest BCUT2D eigenvalue weighted by atomic mass is 16.6. The average molecular weight is 349 g/mol. The van der Waals surface area contributed by atoms with Crippen molar-refractivity contribution in [2.45, 2.75) is 39.3 Å². The second kappa shape index (κ2) is 7.63. The summed E-state index contributed by atoms with van der Waals surface area (Å²) in [5, 5.41) is 2.87. The molecule has 0 saturated carbocycles. The van der Waals surface area contributed by atoms with Crippen molar-refractivity contribution in [3.63, 3.8) is 0 Å². The first-order chi connectivity index (χ1) is 11.7. The normalized spacial score (nSPS) is 17.9. The molecule has 7 heteroatoms. The molecule has 0 unspecified atom stereocenters. The lowest BCUT2D eigenvalue weighted by atomic mass is 10.2. The number of methoxy groups -OCH3 is 1. The van der Waals surface area contributed by atoms with Gasteiger partial charge in [-0.2, -0.15) is 0 Å². The van der Waals surface area contributed by atoms with Gasteiger partial charge in [-0.15, -0.1) is 0 Å². The molecule has 0 aromatic heterocycles. The number of hydrogen-bond donors (Lipinski definition) is 1. The second-order valence-electron chi connectivity index (χ2n) is 7.13. The Hall–Kier alpha value is -2.44. The predicted molar refractivity (Wildman–Crippen MR) is 96.0 cm³/mol. The molecule has 1 N–H and O–H groups in total. The standard InChI is InChI=1S/C18H27N3O4/c1-13-12-20(17(23)25-18(2,3)4)10-11-21(13)16(22)19-14-6-8-15(24-5)9-7-14/h6-9,13H,10-12H2,1-5H3,(H,19,22)/t13-/m0/s1. The van der Waals surface area contributed by atoms with Crippen LogP contribution in [0.2, 0.25) is 0 Å². The van der Waals surface area contributed by atoms with Crippen molar-refractivity contribution in [2.75, 3.05) is 32.1 Å². The van der Waals surface area contributed by atoms with Crippen LogP contribution in [0.3, 0.4) is 0 Å². The van der Waals surface area contributed by atoms with E-state index in [1.807, 2.05) is 27.7 Å². The van der Waals surface area contributed by atoms with Gasteiger partial charge in [-0.3, -0.25) is 0 Å². The number of carbonyl (C=O) groups excluding carboxylic acids is 2. The number of nitrogens with zero attached hydrogens (tertiary/aromatic N) is 2. The summed E-state index contributed by atoms with van der Waals surface area (Å²) in [6.07, 6.45) is -0.338. The van der Waals surface area contributed by atoms with E-state index in [1.54, 1.807) is 41.2 Å². The summed E-state index contributed by atoms with van der Waals surface area (Å²) in [6.45, 7) is 8.80. The van der Waals surface area contributed by atoms with Crippen LogP contribution in [0.4, 0.5) is 15.3 Å². The summed E-state index contributed by atoms with van der Waals surface area (Å²) >= 11 is 0. The van der Waals surface area contributed by atoms with Gasteiger partial charge in [-0.25, -0.2) is 9.59 Å². The molecule has 1 aliphatic heterocycles. The Morgan fingerprint density at radius 1 is 1.16 bits per heavy atom. The highest BCUT2D eigenvalue weighted by molar-refractivity contribution is 5.89. The Kier molecular flexibility index (Phi) is 5.77. The van der Waals surface area contributed by atoms with Gasteiger partial charge in [0, 0.05) is 31.4 Å². The summed E-state index contributed by atoms with van der Waals surface area (Å²) in [6, 6.07) is 6.89. The highest BCUT2D eigenvalue weighted by Gasteiger charge is 2.32. The maximum Gasteiger partial charge on any atom is 0.410 e. The topological polar surface area (TPSA) is 71.1 Å². The van der Waals surface area contributed by atoms with Crippen LogP contribution in [0, 0.1) is 0 Å². The monoisotopic (exact) mass is 349 g/mol. The number of hydrogen-bond acceptors (Lipinski definition) is 4. The smallest absolute Gasteiger partial charge is 0.410 e. The molecule has 1 aromatic carbocycles. The Balaban J connectivity index is 1.91. The van der Waals surface area contributed by atoms with Crippen LogP contribution in [-0.4, -0.2) is 60.3 Å². The van der Waals surface area contributed by atoms with E-state index in [4.69, 9.17) is 9.47 Å². The average Bonchev–Trinajstić information content (AvgIpc) is 2.53. The van der Waals surface area contributed by atoms with Gasteiger partial charge in [0.05, 0.1) is 7.11 Å². The lowest BCUT2D eigenvalue weighted by Gasteiger charge is -2.40. The van der Waals surface area contributed by atoms with Gasteiger partial charge >= 0.3 is 12.1 Å². The molecule has 1 saturated heterocycles. The Labute approximate surface area is 148 Å². The van der Waals surface area contributed by atoms with E-state index in [1.165, 1.54) is 0 Å². The van der Waals surface area contributed by atoms with Crippen molar-refractivity contribution in [1.29, 1.82) is 0 Å². The van der Waals surface area contributed by atoms with Crippen LogP contribution >= 0.6 is 0 Å². The molecule has 0 bridgehead atoms. The molecule has 25 heavy (non-hydrogen) atoms. The van der Waals surface area contributed by atoms with Crippen molar-refractivity contribution in [3.8, 4) is 5.75 Å². The molecule has 138 valence electrons. The fraction of sp³-hybridized carbons (Fsp3) is 0.556. The largest absolute Gasteiger partial charge is 0.497 e. The van der Waals surface area contributed by atoms with Gasteiger partial charge in [0.1, 0.15) is 11.4 Å². The number of rotatable bonds is 2. The maximum absolute atomic E-state index is 12.5. The molecule has 0 spiro atoms. The molecule has 7 nitrogen and oxygen atoms in total. The van der Waals surface area contributed by atoms with Crippen LogP contribution in [0.25, 0.3) is 0 Å². The Morgan fingerprint density at radius 3 is 2.32 bits per heavy atom. The van der Waals surface area contributed by atoms with E-state index in [0.717, 1.165) is 5.75 Å². The predicted octanol–water partition coefficient (Wildman–Crippen LogP) is 3.17. The molecule has 0 radical (unpaired) electrons. The molecule has 0 aliphatic carbocycles. The summed E-state index contributed by atoms with van der Waals surface area (Å²) in [5.41, 5.74) is 0.177. The minimum atomic E-state index is -0.525. The van der Waals surface area contributed by atoms with E-state index >= 15 is 0 Å². The van der Waals surface area contributed by atoms with Gasteiger partial charge in [0.25, 0.3) is 0 Å². The maximum atomic E-state index is 12.5. The first kappa shape index (κ1) is 18.9. The number of carbonyl (C=O) groups is 2. The van der Waals surface area contributed by atoms with E-state index in [0.29, 0.717) is 25.3 Å². The number of piperazine rings is 1. The Bertz CT molecular complexity index is 610. The van der Waals surface area contributed by atoms with Crippen molar-refractivity contribution < 1.29 is 19.1 Å². The van der Waals surface area contributed by atoms with Crippen LogP contribution in [-0.2, 0) is 4.74 Å². The summed E-state index contributed by atoms with van der Waals surface area (Å²) in [5.74, 6) is 0.734. The molecule has 1 aliphatic rings. The fourth-order valence-electron chi connectivity index (χ4n) is 2.62. The van der Waals surface area contributed by atoms with Crippen LogP contribution < -0.4 is 10.1 Å². The highest BCUT2D eigenvalue weighted by Crippen LogP contribution is 2.18. The SMILES string of the molecule is COc1ccc(NC(=O)N2CCN(C(=O)OC(C)(C)C)C[C@@H]2C)cc1. The minimum absolute atomic E-state index is 0.0977. The van der Waals surface area contributed by atoms with Crippen molar-refractivity contribution >= 4 is 17.8 Å². The zero-order chi connectivity index (χ0) is 18.6. The third-order valence-corrected chi connectivity index (χ3v) is 3.88. The van der Waals surface area contributed by atoms with Crippen molar-refractivity contribution in [3.05, 3.63) is 24.3 Å². The first-order valence-corrected chi connectivity index (χ1v) is 8.39. The van der Waals surface area contributed by atoms with E-state index in [-0.39, 0.29) is 18.2 Å². The van der Waals surface area contributed by atoms with Gasteiger partial charge in [0.15, 0.2) is 0 Å². The molecule has 1 fully saturated rings. The zero-order valence-corrected chi connectivity index (χ0v) is 15.5. The van der Waals surface area contributed by atoms with Crippen molar-refractivity contribution in [1.82, 2.24) is 9.80 Å². The molecular formula is C18H27N3O4.